The van der Waals surface area contributed by atoms with Crippen molar-refractivity contribution in [3.63, 3.8) is 0 Å². The van der Waals surface area contributed by atoms with Crippen LogP contribution in [0.5, 0.6) is 5.75 Å². The van der Waals surface area contributed by atoms with Crippen LogP contribution in [0.2, 0.25) is 5.02 Å². The molecule has 0 aliphatic rings. The molecular weight excluding hydrogens is 338 g/mol. The topological polar surface area (TPSA) is 21.3 Å². The molecule has 0 saturated carbocycles. The van der Waals surface area contributed by atoms with Crippen LogP contribution in [0.1, 0.15) is 25.5 Å². The highest BCUT2D eigenvalue weighted by Crippen LogP contribution is 2.32. The van der Waals surface area contributed by atoms with Crippen LogP contribution in [0, 0.1) is 0 Å². The van der Waals surface area contributed by atoms with Crippen molar-refractivity contribution in [1.82, 2.24) is 0 Å². The Bertz CT molecular complexity index is 588. The highest BCUT2D eigenvalue weighted by atomic mass is 79.9. The minimum atomic E-state index is 0.118. The molecule has 0 aliphatic carbocycles. The van der Waals surface area contributed by atoms with E-state index in [2.05, 4.69) is 34.2 Å². The molecule has 0 heterocycles. The van der Waals surface area contributed by atoms with Crippen LogP contribution in [0.3, 0.4) is 0 Å². The molecule has 0 bridgehead atoms. The van der Waals surface area contributed by atoms with E-state index in [4.69, 9.17) is 16.3 Å². The van der Waals surface area contributed by atoms with E-state index < -0.39 is 0 Å². The predicted octanol–water partition coefficient (Wildman–Crippen LogP) is 5.67. The number of halogens is 2. The van der Waals surface area contributed by atoms with Gasteiger partial charge in [0.1, 0.15) is 5.75 Å². The maximum atomic E-state index is 6.04. The molecule has 106 valence electrons. The van der Waals surface area contributed by atoms with Crippen LogP contribution < -0.4 is 10.1 Å². The fourth-order valence-corrected chi connectivity index (χ4v) is 2.58. The Hall–Kier alpha value is -1.19. The molecule has 2 aromatic rings. The number of hydrogen-bond donors (Lipinski definition) is 1. The molecule has 20 heavy (non-hydrogen) atoms. The second kappa shape index (κ2) is 7.00. The summed E-state index contributed by atoms with van der Waals surface area (Å²) in [6.45, 7) is 4.75. The number of nitrogens with one attached hydrogen (secondary N) is 1. The van der Waals surface area contributed by atoms with Crippen molar-refractivity contribution >= 4 is 33.2 Å². The predicted molar refractivity (Wildman–Crippen MR) is 88.8 cm³/mol. The summed E-state index contributed by atoms with van der Waals surface area (Å²) in [5, 5.41) is 4.16. The van der Waals surface area contributed by atoms with E-state index in [1.165, 1.54) is 0 Å². The number of rotatable bonds is 5. The van der Waals surface area contributed by atoms with Crippen molar-refractivity contribution in [2.45, 2.75) is 19.9 Å². The van der Waals surface area contributed by atoms with Crippen LogP contribution in [0.25, 0.3) is 0 Å². The van der Waals surface area contributed by atoms with E-state index in [0.717, 1.165) is 21.5 Å². The first-order valence-corrected chi connectivity index (χ1v) is 7.72. The Morgan fingerprint density at radius 1 is 1.25 bits per heavy atom. The van der Waals surface area contributed by atoms with Crippen LogP contribution in [-0.2, 0) is 0 Å². The largest absolute Gasteiger partial charge is 0.494 e. The minimum absolute atomic E-state index is 0.118. The molecular formula is C16H17BrClNO. The van der Waals surface area contributed by atoms with Crippen LogP contribution in [0.4, 0.5) is 5.69 Å². The monoisotopic (exact) mass is 353 g/mol. The normalized spacial score (nSPS) is 12.0. The number of hydrogen-bond acceptors (Lipinski definition) is 2. The molecule has 0 amide bonds. The Balaban J connectivity index is 2.23. The van der Waals surface area contributed by atoms with Gasteiger partial charge in [0.25, 0.3) is 0 Å². The molecule has 0 aliphatic heterocycles. The summed E-state index contributed by atoms with van der Waals surface area (Å²) < 4.78 is 6.66. The minimum Gasteiger partial charge on any atom is -0.494 e. The zero-order chi connectivity index (χ0) is 14.5. The summed E-state index contributed by atoms with van der Waals surface area (Å²) in [5.74, 6) is 0.910. The Kier molecular flexibility index (Phi) is 5.32. The molecule has 2 aromatic carbocycles. The highest BCUT2D eigenvalue weighted by Gasteiger charge is 2.12. The summed E-state index contributed by atoms with van der Waals surface area (Å²) in [6, 6.07) is 13.9. The van der Waals surface area contributed by atoms with Gasteiger partial charge in [-0.25, -0.2) is 0 Å². The van der Waals surface area contributed by atoms with E-state index in [0.29, 0.717) is 11.6 Å². The standard InChI is InChI=1S/C16H17BrClNO/c1-3-20-16-7-5-4-6-13(16)11(2)19-15-10-12(18)8-9-14(15)17/h4-11,19H,3H2,1-2H3. The zero-order valence-corrected chi connectivity index (χ0v) is 13.8. The smallest absolute Gasteiger partial charge is 0.124 e. The average Bonchev–Trinajstić information content (AvgIpc) is 2.44. The SMILES string of the molecule is CCOc1ccccc1C(C)Nc1cc(Cl)ccc1Br. The van der Waals surface area contributed by atoms with Gasteiger partial charge in [-0.2, -0.15) is 0 Å². The lowest BCUT2D eigenvalue weighted by Gasteiger charge is -2.20. The number of para-hydroxylation sites is 1. The molecule has 1 N–H and O–H groups in total. The van der Waals surface area contributed by atoms with Crippen LogP contribution in [0.15, 0.2) is 46.9 Å². The van der Waals surface area contributed by atoms with Gasteiger partial charge in [-0.3, -0.25) is 0 Å². The first-order chi connectivity index (χ1) is 9.61. The fourth-order valence-electron chi connectivity index (χ4n) is 2.04. The Morgan fingerprint density at radius 2 is 2.00 bits per heavy atom. The second-order valence-electron chi connectivity index (χ2n) is 4.46. The molecule has 0 aromatic heterocycles. The van der Waals surface area contributed by atoms with Crippen molar-refractivity contribution < 1.29 is 4.74 Å². The third-order valence-electron chi connectivity index (χ3n) is 2.99. The number of benzene rings is 2. The quantitative estimate of drug-likeness (QED) is 0.746. The summed E-state index contributed by atoms with van der Waals surface area (Å²) in [7, 11) is 0. The molecule has 2 nitrogen and oxygen atoms in total. The Morgan fingerprint density at radius 3 is 2.75 bits per heavy atom. The molecule has 1 atom stereocenters. The van der Waals surface area contributed by atoms with Crippen LogP contribution >= 0.6 is 27.5 Å². The van der Waals surface area contributed by atoms with Gasteiger partial charge in [0.15, 0.2) is 0 Å². The third kappa shape index (κ3) is 3.68. The summed E-state index contributed by atoms with van der Waals surface area (Å²) in [5.41, 5.74) is 2.09. The van der Waals surface area contributed by atoms with Crippen molar-refractivity contribution in [1.29, 1.82) is 0 Å². The van der Waals surface area contributed by atoms with Gasteiger partial charge in [-0.15, -0.1) is 0 Å². The van der Waals surface area contributed by atoms with E-state index in [1.807, 2.05) is 43.3 Å². The molecule has 1 unspecified atom stereocenters. The van der Waals surface area contributed by atoms with Gasteiger partial charge in [-0.05, 0) is 54.0 Å². The van der Waals surface area contributed by atoms with Crippen molar-refractivity contribution in [2.75, 3.05) is 11.9 Å². The highest BCUT2D eigenvalue weighted by molar-refractivity contribution is 9.10. The molecule has 4 heteroatoms. The van der Waals surface area contributed by atoms with Gasteiger partial charge in [-0.1, -0.05) is 29.8 Å². The number of anilines is 1. The first kappa shape index (κ1) is 15.2. The van der Waals surface area contributed by atoms with Gasteiger partial charge >= 0.3 is 0 Å². The Labute approximate surface area is 133 Å². The zero-order valence-electron chi connectivity index (χ0n) is 11.5. The summed E-state index contributed by atoms with van der Waals surface area (Å²) in [6.07, 6.45) is 0. The second-order valence-corrected chi connectivity index (χ2v) is 5.75. The van der Waals surface area contributed by atoms with E-state index in [-0.39, 0.29) is 6.04 Å². The van der Waals surface area contributed by atoms with Crippen molar-refractivity contribution in [3.05, 3.63) is 57.5 Å². The van der Waals surface area contributed by atoms with Gasteiger partial charge in [0.05, 0.1) is 18.3 Å². The molecule has 0 radical (unpaired) electrons. The van der Waals surface area contributed by atoms with Gasteiger partial charge < -0.3 is 10.1 Å². The maximum absolute atomic E-state index is 6.04. The molecule has 0 saturated heterocycles. The number of ether oxygens (including phenoxy) is 1. The molecule has 0 fully saturated rings. The fraction of sp³-hybridized carbons (Fsp3) is 0.250. The van der Waals surface area contributed by atoms with E-state index in [1.54, 1.807) is 0 Å². The first-order valence-electron chi connectivity index (χ1n) is 6.55. The van der Waals surface area contributed by atoms with Gasteiger partial charge in [0, 0.05) is 15.1 Å². The summed E-state index contributed by atoms with van der Waals surface area (Å²) in [4.78, 5) is 0. The lowest BCUT2D eigenvalue weighted by atomic mass is 10.1. The van der Waals surface area contributed by atoms with Crippen molar-refractivity contribution in [2.24, 2.45) is 0 Å². The van der Waals surface area contributed by atoms with E-state index >= 15 is 0 Å². The third-order valence-corrected chi connectivity index (χ3v) is 3.91. The van der Waals surface area contributed by atoms with E-state index in [9.17, 15) is 0 Å². The van der Waals surface area contributed by atoms with Crippen molar-refractivity contribution in [3.8, 4) is 5.75 Å². The summed E-state index contributed by atoms with van der Waals surface area (Å²) >= 11 is 9.57. The molecule has 0 spiro atoms. The lowest BCUT2D eigenvalue weighted by Crippen LogP contribution is -2.09. The average molecular weight is 355 g/mol. The lowest BCUT2D eigenvalue weighted by molar-refractivity contribution is 0.335. The van der Waals surface area contributed by atoms with Crippen LogP contribution in [-0.4, -0.2) is 6.61 Å². The maximum Gasteiger partial charge on any atom is 0.124 e. The van der Waals surface area contributed by atoms with Gasteiger partial charge in [0.2, 0.25) is 0 Å². The molecule has 2 rings (SSSR count).